The fourth-order valence-electron chi connectivity index (χ4n) is 2.29. The van der Waals surface area contributed by atoms with Gasteiger partial charge in [0, 0.05) is 12.1 Å². The maximum absolute atomic E-state index is 12.8. The van der Waals surface area contributed by atoms with Crippen molar-refractivity contribution in [2.45, 2.75) is 24.1 Å². The summed E-state index contributed by atoms with van der Waals surface area (Å²) in [6, 6.07) is 5.21. The molecule has 1 aromatic carbocycles. The van der Waals surface area contributed by atoms with Gasteiger partial charge in [-0.3, -0.25) is 4.79 Å². The van der Waals surface area contributed by atoms with Crippen LogP contribution in [0.2, 0.25) is 5.02 Å². The standard InChI is InChI=1S/C17H21ClN2O5S2/c1-10(2)15(20-27(22,23)14-6-5-7-26-14)17(21)19-16-12(18)8-11(24-3)9-13(16)25-4/h5-10,15,20H,1-4H3,(H,19,21). The van der Waals surface area contributed by atoms with E-state index in [-0.39, 0.29) is 20.8 Å². The van der Waals surface area contributed by atoms with Crippen molar-refractivity contribution in [1.29, 1.82) is 0 Å². The zero-order valence-corrected chi connectivity index (χ0v) is 17.7. The van der Waals surface area contributed by atoms with Gasteiger partial charge in [-0.2, -0.15) is 4.72 Å². The molecule has 0 aliphatic heterocycles. The van der Waals surface area contributed by atoms with Gasteiger partial charge in [-0.1, -0.05) is 31.5 Å². The third kappa shape index (κ3) is 5.13. The van der Waals surface area contributed by atoms with Crippen LogP contribution >= 0.6 is 22.9 Å². The molecule has 0 spiro atoms. The van der Waals surface area contributed by atoms with Gasteiger partial charge in [0.15, 0.2) is 0 Å². The zero-order valence-electron chi connectivity index (χ0n) is 15.3. The summed E-state index contributed by atoms with van der Waals surface area (Å²) in [7, 11) is -0.897. The van der Waals surface area contributed by atoms with Crippen molar-refractivity contribution in [3.8, 4) is 11.5 Å². The monoisotopic (exact) mass is 432 g/mol. The van der Waals surface area contributed by atoms with Gasteiger partial charge in [0.1, 0.15) is 27.4 Å². The molecule has 1 amide bonds. The molecule has 0 saturated heterocycles. The highest BCUT2D eigenvalue weighted by molar-refractivity contribution is 7.91. The van der Waals surface area contributed by atoms with Gasteiger partial charge >= 0.3 is 0 Å². The molecule has 0 radical (unpaired) electrons. The van der Waals surface area contributed by atoms with Crippen molar-refractivity contribution >= 4 is 44.6 Å². The fourth-order valence-corrected chi connectivity index (χ4v) is 4.89. The Morgan fingerprint density at radius 1 is 1.22 bits per heavy atom. The lowest BCUT2D eigenvalue weighted by atomic mass is 10.0. The van der Waals surface area contributed by atoms with Crippen molar-refractivity contribution in [3.05, 3.63) is 34.7 Å². The second-order valence-corrected chi connectivity index (χ2v) is 9.25. The summed E-state index contributed by atoms with van der Waals surface area (Å²) >= 11 is 7.30. The molecule has 2 rings (SSSR count). The molecule has 7 nitrogen and oxygen atoms in total. The Morgan fingerprint density at radius 3 is 2.44 bits per heavy atom. The van der Waals surface area contributed by atoms with Gasteiger partial charge in [0.05, 0.1) is 19.2 Å². The minimum atomic E-state index is -3.81. The van der Waals surface area contributed by atoms with Crippen LogP contribution in [0.25, 0.3) is 0 Å². The summed E-state index contributed by atoms with van der Waals surface area (Å²) in [6.45, 7) is 3.49. The first-order valence-electron chi connectivity index (χ1n) is 7.97. The number of anilines is 1. The second kappa shape index (κ2) is 8.92. The van der Waals surface area contributed by atoms with E-state index in [1.165, 1.54) is 26.4 Å². The summed E-state index contributed by atoms with van der Waals surface area (Å²) in [5, 5.41) is 4.52. The largest absolute Gasteiger partial charge is 0.497 e. The molecule has 10 heteroatoms. The number of carbonyl (C=O) groups excluding carboxylic acids is 1. The highest BCUT2D eigenvalue weighted by Gasteiger charge is 2.30. The number of amides is 1. The Kier molecular flexibility index (Phi) is 7.10. The van der Waals surface area contributed by atoms with Crippen LogP contribution in [0.4, 0.5) is 5.69 Å². The molecule has 148 valence electrons. The average molecular weight is 433 g/mol. The van der Waals surface area contributed by atoms with E-state index in [1.54, 1.807) is 31.4 Å². The normalized spacial score (nSPS) is 12.7. The summed E-state index contributed by atoms with van der Waals surface area (Å²) in [5.74, 6) is -0.0803. The molecule has 0 aliphatic rings. The first kappa shape index (κ1) is 21.5. The molecule has 0 bridgehead atoms. The molecule has 27 heavy (non-hydrogen) atoms. The number of rotatable bonds is 8. The highest BCUT2D eigenvalue weighted by atomic mass is 35.5. The lowest BCUT2D eigenvalue weighted by Crippen LogP contribution is -2.46. The van der Waals surface area contributed by atoms with Gasteiger partial charge in [0.25, 0.3) is 10.0 Å². The SMILES string of the molecule is COc1cc(Cl)c(NC(=O)C(NS(=O)(=O)c2cccs2)C(C)C)c(OC)c1. The van der Waals surface area contributed by atoms with Crippen LogP contribution in [0.3, 0.4) is 0 Å². The van der Waals surface area contributed by atoms with Crippen molar-refractivity contribution in [1.82, 2.24) is 4.72 Å². The second-order valence-electron chi connectivity index (χ2n) is 5.95. The molecule has 1 aromatic heterocycles. The molecule has 0 saturated carbocycles. The number of methoxy groups -OCH3 is 2. The van der Waals surface area contributed by atoms with E-state index >= 15 is 0 Å². The number of hydrogen-bond donors (Lipinski definition) is 2. The third-order valence-electron chi connectivity index (χ3n) is 3.72. The summed E-state index contributed by atoms with van der Waals surface area (Å²) < 4.78 is 38.0. The number of ether oxygens (including phenoxy) is 2. The molecule has 2 N–H and O–H groups in total. The van der Waals surface area contributed by atoms with Crippen molar-refractivity contribution in [2.24, 2.45) is 5.92 Å². The number of halogens is 1. The number of hydrogen-bond acceptors (Lipinski definition) is 6. The Morgan fingerprint density at radius 2 is 1.93 bits per heavy atom. The number of thiophene rings is 1. The molecule has 0 fully saturated rings. The first-order chi connectivity index (χ1) is 12.7. The maximum Gasteiger partial charge on any atom is 0.250 e. The number of nitrogens with one attached hydrogen (secondary N) is 2. The number of carbonyl (C=O) groups is 1. The predicted octanol–water partition coefficient (Wildman–Crippen LogP) is 3.36. The van der Waals surface area contributed by atoms with Crippen LogP contribution in [0.15, 0.2) is 33.9 Å². The molecule has 2 aromatic rings. The van der Waals surface area contributed by atoms with Crippen molar-refractivity contribution in [2.75, 3.05) is 19.5 Å². The van der Waals surface area contributed by atoms with E-state index < -0.39 is 22.0 Å². The van der Waals surface area contributed by atoms with Crippen LogP contribution in [0, 0.1) is 5.92 Å². The lowest BCUT2D eigenvalue weighted by Gasteiger charge is -2.22. The predicted molar refractivity (Wildman–Crippen MR) is 106 cm³/mol. The van der Waals surface area contributed by atoms with Crippen LogP contribution < -0.4 is 19.5 Å². The topological polar surface area (TPSA) is 93.7 Å². The molecule has 1 atom stereocenters. The average Bonchev–Trinajstić information content (AvgIpc) is 3.16. The van der Waals surface area contributed by atoms with Crippen LogP contribution in [0.5, 0.6) is 11.5 Å². The Labute approximate surface area is 167 Å². The van der Waals surface area contributed by atoms with Crippen LogP contribution in [-0.2, 0) is 14.8 Å². The Hall–Kier alpha value is -1.81. The lowest BCUT2D eigenvalue weighted by molar-refractivity contribution is -0.118. The van der Waals surface area contributed by atoms with E-state index in [2.05, 4.69) is 10.0 Å². The van der Waals surface area contributed by atoms with Gasteiger partial charge in [0.2, 0.25) is 5.91 Å². The van der Waals surface area contributed by atoms with Crippen molar-refractivity contribution in [3.63, 3.8) is 0 Å². The number of benzene rings is 1. The highest BCUT2D eigenvalue weighted by Crippen LogP contribution is 2.37. The third-order valence-corrected chi connectivity index (χ3v) is 6.86. The van der Waals surface area contributed by atoms with E-state index in [1.807, 2.05) is 0 Å². The van der Waals surface area contributed by atoms with E-state index in [0.717, 1.165) is 11.3 Å². The summed E-state index contributed by atoms with van der Waals surface area (Å²) in [6.07, 6.45) is 0. The van der Waals surface area contributed by atoms with Gasteiger partial charge < -0.3 is 14.8 Å². The van der Waals surface area contributed by atoms with E-state index in [0.29, 0.717) is 11.5 Å². The summed E-state index contributed by atoms with van der Waals surface area (Å²) in [5.41, 5.74) is 0.242. The minimum Gasteiger partial charge on any atom is -0.497 e. The fraction of sp³-hybridized carbons (Fsp3) is 0.353. The van der Waals surface area contributed by atoms with Crippen LogP contribution in [-0.4, -0.2) is 34.6 Å². The Balaban J connectivity index is 2.29. The quantitative estimate of drug-likeness (QED) is 0.667. The zero-order chi connectivity index (χ0) is 20.2. The maximum atomic E-state index is 12.8. The van der Waals surface area contributed by atoms with Crippen LogP contribution in [0.1, 0.15) is 13.8 Å². The molecule has 0 aliphatic carbocycles. The molecular formula is C17H21ClN2O5S2. The Bertz CT molecular complexity index is 898. The van der Waals surface area contributed by atoms with Gasteiger partial charge in [-0.05, 0) is 17.4 Å². The van der Waals surface area contributed by atoms with Crippen molar-refractivity contribution < 1.29 is 22.7 Å². The van der Waals surface area contributed by atoms with E-state index in [4.69, 9.17) is 21.1 Å². The smallest absolute Gasteiger partial charge is 0.250 e. The molecular weight excluding hydrogens is 412 g/mol. The molecule has 1 unspecified atom stereocenters. The number of sulfonamides is 1. The minimum absolute atomic E-state index is 0.140. The van der Waals surface area contributed by atoms with Gasteiger partial charge in [-0.15, -0.1) is 11.3 Å². The summed E-state index contributed by atoms with van der Waals surface area (Å²) in [4.78, 5) is 12.8. The first-order valence-corrected chi connectivity index (χ1v) is 10.7. The van der Waals surface area contributed by atoms with Gasteiger partial charge in [-0.25, -0.2) is 8.42 Å². The molecule has 1 heterocycles. The van der Waals surface area contributed by atoms with E-state index in [9.17, 15) is 13.2 Å².